The van der Waals surface area contributed by atoms with Crippen LogP contribution in [0.25, 0.3) is 0 Å². The highest BCUT2D eigenvalue weighted by molar-refractivity contribution is 5.73. The minimum atomic E-state index is -1.63. The number of rotatable bonds is 8. The van der Waals surface area contributed by atoms with Crippen molar-refractivity contribution in [3.05, 3.63) is 22.8 Å². The zero-order chi connectivity index (χ0) is 34.7. The summed E-state index contributed by atoms with van der Waals surface area (Å²) >= 11 is 0. The van der Waals surface area contributed by atoms with Gasteiger partial charge in [-0.2, -0.15) is 0 Å². The van der Waals surface area contributed by atoms with Crippen LogP contribution >= 0.6 is 0 Å². The average Bonchev–Trinajstić information content (AvgIpc) is 3.27. The van der Waals surface area contributed by atoms with E-state index in [-0.39, 0.29) is 39.7 Å². The topological polar surface area (TPSA) is 143 Å². The maximum atomic E-state index is 14.1. The molecule has 0 radical (unpaired) electrons. The van der Waals surface area contributed by atoms with Crippen LogP contribution in [-0.2, 0) is 23.8 Å². The maximum Gasteiger partial charge on any atom is 0.311 e. The molecular weight excluding hydrogens is 600 g/mol. The molecule has 1 heterocycles. The second-order valence-corrected chi connectivity index (χ2v) is 16.9. The van der Waals surface area contributed by atoms with E-state index in [0.29, 0.717) is 18.8 Å². The van der Waals surface area contributed by atoms with Crippen molar-refractivity contribution in [3.8, 4) is 0 Å². The molecule has 12 unspecified atom stereocenters. The Balaban J connectivity index is 1.44. The van der Waals surface area contributed by atoms with Gasteiger partial charge in [-0.15, -0.1) is 0 Å². The van der Waals surface area contributed by atoms with Crippen LogP contribution in [0, 0.1) is 39.4 Å². The molecule has 1 saturated heterocycles. The summed E-state index contributed by atoms with van der Waals surface area (Å²) in [4.78, 5) is 26.1. The van der Waals surface area contributed by atoms with Gasteiger partial charge in [0.1, 0.15) is 30.5 Å². The SMILES string of the molecule is CC(=O)OC1CCC2(C)C3=C(CCC2C1(C)C)C1(C)CCC(C(CCC=C(C)C)C(=O)OC2OC(CO)C(O)C(O)C2O)C1(C)CC3. The molecule has 9 heteroatoms. The number of aliphatic hydroxyl groups excluding tert-OH is 4. The van der Waals surface area contributed by atoms with Crippen LogP contribution in [0.1, 0.15) is 120 Å². The Bertz CT molecular complexity index is 1270. The van der Waals surface area contributed by atoms with Crippen molar-refractivity contribution >= 4 is 11.9 Å². The highest BCUT2D eigenvalue weighted by atomic mass is 16.7. The van der Waals surface area contributed by atoms with E-state index in [1.54, 1.807) is 11.1 Å². The van der Waals surface area contributed by atoms with Crippen LogP contribution in [0.3, 0.4) is 0 Å². The van der Waals surface area contributed by atoms with Crippen molar-refractivity contribution in [2.45, 2.75) is 156 Å². The maximum absolute atomic E-state index is 14.1. The molecule has 47 heavy (non-hydrogen) atoms. The van der Waals surface area contributed by atoms with Gasteiger partial charge in [0, 0.05) is 12.3 Å². The van der Waals surface area contributed by atoms with Crippen molar-refractivity contribution in [2.24, 2.45) is 39.4 Å². The van der Waals surface area contributed by atoms with Gasteiger partial charge in [0.25, 0.3) is 0 Å². The first-order chi connectivity index (χ1) is 21.9. The largest absolute Gasteiger partial charge is 0.462 e. The van der Waals surface area contributed by atoms with Gasteiger partial charge < -0.3 is 34.6 Å². The lowest BCUT2D eigenvalue weighted by Crippen LogP contribution is -2.59. The zero-order valence-corrected chi connectivity index (χ0v) is 29.9. The van der Waals surface area contributed by atoms with E-state index in [0.717, 1.165) is 51.4 Å². The molecule has 0 aromatic heterocycles. The Labute approximate surface area is 281 Å². The van der Waals surface area contributed by atoms with Crippen molar-refractivity contribution in [1.29, 1.82) is 0 Å². The van der Waals surface area contributed by atoms with Crippen LogP contribution in [0.2, 0.25) is 0 Å². The summed E-state index contributed by atoms with van der Waals surface area (Å²) in [6.45, 7) is 16.8. The first-order valence-corrected chi connectivity index (χ1v) is 18.0. The fraction of sp³-hybridized carbons (Fsp3) is 0.842. The molecule has 1 aliphatic heterocycles. The molecule has 4 aliphatic carbocycles. The van der Waals surface area contributed by atoms with Crippen molar-refractivity contribution < 1.29 is 44.2 Å². The van der Waals surface area contributed by atoms with E-state index in [1.807, 2.05) is 13.8 Å². The molecular formula is C38H60O9. The molecule has 266 valence electrons. The molecule has 5 aliphatic rings. The quantitative estimate of drug-likeness (QED) is 0.200. The normalized spacial score (nSPS) is 43.2. The van der Waals surface area contributed by atoms with E-state index in [4.69, 9.17) is 14.2 Å². The van der Waals surface area contributed by atoms with Gasteiger partial charge in [-0.3, -0.25) is 9.59 Å². The summed E-state index contributed by atoms with van der Waals surface area (Å²) in [6.07, 6.45) is 3.77. The summed E-state index contributed by atoms with van der Waals surface area (Å²) in [5.74, 6) is -0.650. The van der Waals surface area contributed by atoms with E-state index >= 15 is 0 Å². The number of esters is 2. The number of fused-ring (bicyclic) bond motifs is 4. The Morgan fingerprint density at radius 2 is 1.60 bits per heavy atom. The second-order valence-electron chi connectivity index (χ2n) is 16.9. The van der Waals surface area contributed by atoms with Crippen LogP contribution in [0.5, 0.6) is 0 Å². The third-order valence-corrected chi connectivity index (χ3v) is 14.0. The highest BCUT2D eigenvalue weighted by Gasteiger charge is 2.64. The van der Waals surface area contributed by atoms with Crippen molar-refractivity contribution in [1.82, 2.24) is 0 Å². The molecule has 0 bridgehead atoms. The monoisotopic (exact) mass is 660 g/mol. The second kappa shape index (κ2) is 13.2. The Hall–Kier alpha value is -1.78. The van der Waals surface area contributed by atoms with Gasteiger partial charge in [-0.1, -0.05) is 57.4 Å². The number of allylic oxidation sites excluding steroid dienone is 4. The third kappa shape index (κ3) is 6.04. The van der Waals surface area contributed by atoms with Gasteiger partial charge in [-0.25, -0.2) is 0 Å². The Kier molecular flexibility index (Phi) is 10.2. The summed E-state index contributed by atoms with van der Waals surface area (Å²) in [7, 11) is 0. The van der Waals surface area contributed by atoms with Gasteiger partial charge >= 0.3 is 11.9 Å². The molecule has 0 spiro atoms. The fourth-order valence-corrected chi connectivity index (χ4v) is 11.2. The van der Waals surface area contributed by atoms with Gasteiger partial charge in [0.2, 0.25) is 6.29 Å². The van der Waals surface area contributed by atoms with Gasteiger partial charge in [0.15, 0.2) is 0 Å². The lowest BCUT2D eigenvalue weighted by Gasteiger charge is -2.62. The van der Waals surface area contributed by atoms with E-state index in [9.17, 15) is 30.0 Å². The first-order valence-electron chi connectivity index (χ1n) is 18.0. The minimum Gasteiger partial charge on any atom is -0.462 e. The van der Waals surface area contributed by atoms with E-state index < -0.39 is 49.2 Å². The molecule has 0 aromatic rings. The Morgan fingerprint density at radius 3 is 2.23 bits per heavy atom. The molecule has 12 atom stereocenters. The van der Waals surface area contributed by atoms with E-state index in [1.165, 1.54) is 12.5 Å². The molecule has 2 saturated carbocycles. The molecule has 3 fully saturated rings. The highest BCUT2D eigenvalue weighted by Crippen LogP contribution is 2.72. The summed E-state index contributed by atoms with van der Waals surface area (Å²) in [5.41, 5.74) is 4.06. The third-order valence-electron chi connectivity index (χ3n) is 14.0. The number of aliphatic hydroxyl groups is 4. The van der Waals surface area contributed by atoms with Gasteiger partial charge in [-0.05, 0) is 106 Å². The minimum absolute atomic E-state index is 0.0427. The van der Waals surface area contributed by atoms with Crippen LogP contribution in [0.4, 0.5) is 0 Å². The van der Waals surface area contributed by atoms with E-state index in [2.05, 4.69) is 40.7 Å². The van der Waals surface area contributed by atoms with Crippen molar-refractivity contribution in [2.75, 3.05) is 6.61 Å². The number of ether oxygens (including phenoxy) is 3. The predicted octanol–water partition coefficient (Wildman–Crippen LogP) is 5.37. The first kappa shape index (κ1) is 36.5. The molecule has 0 aromatic carbocycles. The van der Waals surface area contributed by atoms with Crippen LogP contribution in [0.15, 0.2) is 22.8 Å². The zero-order valence-electron chi connectivity index (χ0n) is 29.9. The molecule has 9 nitrogen and oxygen atoms in total. The number of carbonyl (C=O) groups is 2. The lowest BCUT2D eigenvalue weighted by atomic mass is 9.43. The van der Waals surface area contributed by atoms with Crippen molar-refractivity contribution in [3.63, 3.8) is 0 Å². The number of hydrogen-bond donors (Lipinski definition) is 4. The summed E-state index contributed by atoms with van der Waals surface area (Å²) in [5, 5.41) is 40.9. The molecule has 4 N–H and O–H groups in total. The Morgan fingerprint density at radius 1 is 0.894 bits per heavy atom. The predicted molar refractivity (Wildman–Crippen MR) is 177 cm³/mol. The number of carbonyl (C=O) groups excluding carboxylic acids is 2. The van der Waals surface area contributed by atoms with Gasteiger partial charge in [0.05, 0.1) is 12.5 Å². The van der Waals surface area contributed by atoms with Crippen LogP contribution < -0.4 is 0 Å². The fourth-order valence-electron chi connectivity index (χ4n) is 11.2. The standard InChI is InChI=1S/C38H60O9/c1-21(2)10-9-11-23(33(44)47-34-32(43)31(42)30(41)27(20-39)46-34)24-14-18-38(8)26-12-13-28-35(4,5)29(45-22(3)40)16-17-36(28,6)25(26)15-19-37(24,38)7/h10,23-24,27-32,34,39,41-43H,9,11-20H2,1-8H3. The molecule has 5 rings (SSSR count). The van der Waals surface area contributed by atoms with Crippen LogP contribution in [-0.4, -0.2) is 75.8 Å². The smallest absolute Gasteiger partial charge is 0.311 e. The molecule has 0 amide bonds. The summed E-state index contributed by atoms with van der Waals surface area (Å²) in [6, 6.07) is 0. The number of hydrogen-bond acceptors (Lipinski definition) is 9. The lowest BCUT2D eigenvalue weighted by molar-refractivity contribution is -0.294. The summed E-state index contributed by atoms with van der Waals surface area (Å²) < 4.78 is 17.3. The average molecular weight is 661 g/mol.